The van der Waals surface area contributed by atoms with Crippen molar-refractivity contribution in [1.82, 2.24) is 4.57 Å². The summed E-state index contributed by atoms with van der Waals surface area (Å²) in [5.41, 5.74) is -4.27. The number of hydrogen-bond acceptors (Lipinski definition) is 2. The number of benzene rings is 1. The van der Waals surface area contributed by atoms with Crippen molar-refractivity contribution in [1.29, 1.82) is 0 Å². The fourth-order valence-corrected chi connectivity index (χ4v) is 3.04. The topological polar surface area (TPSA) is 42.2 Å². The van der Waals surface area contributed by atoms with E-state index < -0.39 is 23.8 Å². The zero-order valence-corrected chi connectivity index (χ0v) is 11.9. The fourth-order valence-electron chi connectivity index (χ4n) is 3.04. The van der Waals surface area contributed by atoms with E-state index in [1.165, 1.54) is 17.6 Å². The highest BCUT2D eigenvalue weighted by molar-refractivity contribution is 5.87. The van der Waals surface area contributed by atoms with Gasteiger partial charge in [0.05, 0.1) is 5.52 Å². The molecule has 0 saturated carbocycles. The highest BCUT2D eigenvalue weighted by atomic mass is 19.4. The summed E-state index contributed by atoms with van der Waals surface area (Å²) in [4.78, 5) is 11.9. The molecule has 0 radical (unpaired) electrons. The number of nitrogens with zero attached hydrogens (tertiary/aromatic N) is 1. The second-order valence-electron chi connectivity index (χ2n) is 5.66. The molecule has 2 heterocycles. The summed E-state index contributed by atoms with van der Waals surface area (Å²) in [6.07, 6.45) is -9.30. The van der Waals surface area contributed by atoms with E-state index in [2.05, 4.69) is 0 Å². The minimum absolute atomic E-state index is 0.250. The fraction of sp³-hybridized carbons (Fsp3) is 0.400. The van der Waals surface area contributed by atoms with Gasteiger partial charge in [-0.2, -0.15) is 13.2 Å². The molecule has 0 bridgehead atoms. The number of rotatable bonds is 2. The third-order valence-electron chi connectivity index (χ3n) is 4.28. The molecule has 2 aromatic rings. The van der Waals surface area contributed by atoms with E-state index in [0.717, 1.165) is 12.1 Å². The molecule has 1 aliphatic rings. The summed E-state index contributed by atoms with van der Waals surface area (Å²) in [5, 5.41) is 9.96. The van der Waals surface area contributed by atoms with Crippen molar-refractivity contribution in [2.45, 2.75) is 38.1 Å². The molecule has 0 spiro atoms. The van der Waals surface area contributed by atoms with E-state index in [9.17, 15) is 31.9 Å². The maximum absolute atomic E-state index is 13.1. The van der Waals surface area contributed by atoms with Crippen LogP contribution in [0.4, 0.5) is 22.0 Å². The summed E-state index contributed by atoms with van der Waals surface area (Å²) in [6.45, 7) is 1.79. The number of aryl methyl sites for hydroxylation is 3. The standard InChI is InChI=1S/C15H12F5NO2/c1-7-4-11(22)21-3-2-8-5-9(6-10(7)12(8)21)14(23,13(16)17)15(18,19)20/h4-6,13,23H,2-3H2,1H3. The molecule has 0 fully saturated rings. The van der Waals surface area contributed by atoms with Crippen LogP contribution in [0.15, 0.2) is 23.0 Å². The van der Waals surface area contributed by atoms with E-state index in [0.29, 0.717) is 16.6 Å². The maximum Gasteiger partial charge on any atom is 0.427 e. The summed E-state index contributed by atoms with van der Waals surface area (Å²) >= 11 is 0. The molecule has 1 aliphatic heterocycles. The van der Waals surface area contributed by atoms with Crippen LogP contribution in [-0.2, 0) is 18.6 Å². The van der Waals surface area contributed by atoms with Gasteiger partial charge in [0.1, 0.15) is 0 Å². The lowest BCUT2D eigenvalue weighted by Gasteiger charge is -2.30. The molecule has 1 atom stereocenters. The first-order chi connectivity index (χ1) is 10.6. The van der Waals surface area contributed by atoms with E-state index >= 15 is 0 Å². The summed E-state index contributed by atoms with van der Waals surface area (Å²) in [5.74, 6) is 0. The minimum atomic E-state index is -5.53. The Morgan fingerprint density at radius 1 is 1.22 bits per heavy atom. The van der Waals surface area contributed by atoms with Gasteiger partial charge in [-0.3, -0.25) is 4.79 Å². The largest absolute Gasteiger partial charge is 0.427 e. The van der Waals surface area contributed by atoms with Crippen LogP contribution in [0, 0.1) is 6.92 Å². The molecule has 23 heavy (non-hydrogen) atoms. The van der Waals surface area contributed by atoms with E-state index in [4.69, 9.17) is 0 Å². The van der Waals surface area contributed by atoms with Crippen LogP contribution in [0.5, 0.6) is 0 Å². The van der Waals surface area contributed by atoms with E-state index in [1.54, 1.807) is 0 Å². The highest BCUT2D eigenvalue weighted by Gasteiger charge is 2.61. The van der Waals surface area contributed by atoms with Gasteiger partial charge in [0.25, 0.3) is 12.0 Å². The SMILES string of the molecule is Cc1cc(=O)n2c3c(cc(C(O)(C(F)F)C(F)(F)F)cc13)CC2. The minimum Gasteiger partial charge on any atom is -0.372 e. The Morgan fingerprint density at radius 2 is 1.87 bits per heavy atom. The van der Waals surface area contributed by atoms with Gasteiger partial charge in [0, 0.05) is 18.0 Å². The van der Waals surface area contributed by atoms with Crippen molar-refractivity contribution in [3.63, 3.8) is 0 Å². The molecule has 3 rings (SSSR count). The summed E-state index contributed by atoms with van der Waals surface area (Å²) in [6, 6.07) is 3.07. The van der Waals surface area contributed by atoms with Crippen molar-refractivity contribution in [2.75, 3.05) is 0 Å². The van der Waals surface area contributed by atoms with Crippen molar-refractivity contribution >= 4 is 10.9 Å². The Bertz CT molecular complexity index is 856. The Kier molecular flexibility index (Phi) is 3.30. The van der Waals surface area contributed by atoms with Crippen LogP contribution in [0.1, 0.15) is 16.7 Å². The smallest absolute Gasteiger partial charge is 0.372 e. The van der Waals surface area contributed by atoms with Crippen LogP contribution >= 0.6 is 0 Å². The van der Waals surface area contributed by atoms with Gasteiger partial charge in [-0.1, -0.05) is 6.07 Å². The van der Waals surface area contributed by atoms with Crippen LogP contribution < -0.4 is 5.56 Å². The molecule has 8 heteroatoms. The lowest BCUT2D eigenvalue weighted by Crippen LogP contribution is -2.48. The third-order valence-corrected chi connectivity index (χ3v) is 4.28. The average molecular weight is 333 g/mol. The van der Waals surface area contributed by atoms with Crippen LogP contribution in [0.25, 0.3) is 10.9 Å². The molecule has 0 saturated heterocycles. The molecule has 0 aliphatic carbocycles. The van der Waals surface area contributed by atoms with Crippen LogP contribution in [0.3, 0.4) is 0 Å². The number of hydrogen-bond donors (Lipinski definition) is 1. The Morgan fingerprint density at radius 3 is 2.43 bits per heavy atom. The van der Waals surface area contributed by atoms with Gasteiger partial charge >= 0.3 is 6.18 Å². The molecule has 1 aromatic carbocycles. The van der Waals surface area contributed by atoms with E-state index in [-0.39, 0.29) is 23.9 Å². The number of alkyl halides is 5. The van der Waals surface area contributed by atoms with Gasteiger partial charge < -0.3 is 9.67 Å². The normalized spacial score (nSPS) is 17.0. The van der Waals surface area contributed by atoms with Gasteiger partial charge in [0.2, 0.25) is 5.60 Å². The average Bonchev–Trinajstić information content (AvgIpc) is 2.86. The second-order valence-corrected chi connectivity index (χ2v) is 5.66. The molecule has 3 nitrogen and oxygen atoms in total. The summed E-state index contributed by atoms with van der Waals surface area (Å²) in [7, 11) is 0. The van der Waals surface area contributed by atoms with Crippen LogP contribution in [0.2, 0.25) is 0 Å². The Balaban J connectivity index is 2.37. The number of halogens is 5. The van der Waals surface area contributed by atoms with Crippen molar-refractivity contribution in [3.05, 3.63) is 45.2 Å². The predicted molar refractivity (Wildman–Crippen MR) is 72.6 cm³/mol. The van der Waals surface area contributed by atoms with Gasteiger partial charge in [-0.15, -0.1) is 0 Å². The number of aliphatic hydroxyl groups is 1. The zero-order valence-electron chi connectivity index (χ0n) is 11.9. The molecule has 0 amide bonds. The van der Waals surface area contributed by atoms with Gasteiger partial charge in [-0.05, 0) is 36.1 Å². The second kappa shape index (κ2) is 4.77. The molecule has 1 N–H and O–H groups in total. The Labute approximate surface area is 127 Å². The zero-order chi connectivity index (χ0) is 17.2. The lowest BCUT2D eigenvalue weighted by molar-refractivity contribution is -0.305. The van der Waals surface area contributed by atoms with Crippen molar-refractivity contribution < 1.29 is 27.1 Å². The van der Waals surface area contributed by atoms with Crippen LogP contribution in [-0.4, -0.2) is 22.3 Å². The molecule has 124 valence electrons. The van der Waals surface area contributed by atoms with Gasteiger partial charge in [0.15, 0.2) is 0 Å². The Hall–Kier alpha value is -1.96. The molecular weight excluding hydrogens is 321 g/mol. The predicted octanol–water partition coefficient (Wildman–Crippen LogP) is 2.88. The lowest BCUT2D eigenvalue weighted by atomic mass is 9.89. The molecule has 1 unspecified atom stereocenters. The van der Waals surface area contributed by atoms with Crippen molar-refractivity contribution in [2.24, 2.45) is 0 Å². The quantitative estimate of drug-likeness (QED) is 0.859. The molecular formula is C15H12F5NO2. The maximum atomic E-state index is 13.1. The molecule has 1 aromatic heterocycles. The summed E-state index contributed by atoms with van der Waals surface area (Å²) < 4.78 is 66.7. The third kappa shape index (κ3) is 2.08. The van der Waals surface area contributed by atoms with Gasteiger partial charge in [-0.25, -0.2) is 8.78 Å². The monoisotopic (exact) mass is 333 g/mol. The van der Waals surface area contributed by atoms with E-state index in [1.807, 2.05) is 0 Å². The number of pyridine rings is 1. The first kappa shape index (κ1) is 15.9. The number of aromatic nitrogens is 1. The van der Waals surface area contributed by atoms with Crippen molar-refractivity contribution in [3.8, 4) is 0 Å². The highest BCUT2D eigenvalue weighted by Crippen LogP contribution is 2.45. The first-order valence-electron chi connectivity index (χ1n) is 6.82. The first-order valence-corrected chi connectivity index (χ1v) is 6.82.